The highest BCUT2D eigenvalue weighted by atomic mass is 28.5. The van der Waals surface area contributed by atoms with Crippen LogP contribution in [0.15, 0.2) is 0 Å². The van der Waals surface area contributed by atoms with E-state index in [1.54, 1.807) is 0 Å². The number of rotatable bonds is 6. The fourth-order valence-corrected chi connectivity index (χ4v) is 21.7. The minimum atomic E-state index is -2.09. The number of hydrogen-bond acceptors (Lipinski definition) is 3. The highest BCUT2D eigenvalue weighted by Crippen LogP contribution is 2.44. The molecule has 0 aromatic rings. The molecule has 1 rings (SSSR count). The first-order valence-corrected chi connectivity index (χ1v) is 14.5. The summed E-state index contributed by atoms with van der Waals surface area (Å²) in [5.74, 6) is 0. The molecule has 1 fully saturated rings. The summed E-state index contributed by atoms with van der Waals surface area (Å²) < 4.78 is 20.0. The van der Waals surface area contributed by atoms with Crippen LogP contribution in [0.3, 0.4) is 0 Å². The lowest BCUT2D eigenvalue weighted by Gasteiger charge is -2.54. The molecule has 19 heavy (non-hydrogen) atoms. The predicted molar refractivity (Wildman–Crippen MR) is 88.0 cm³/mol. The van der Waals surface area contributed by atoms with E-state index in [-0.39, 0.29) is 0 Å². The molecule has 6 heteroatoms. The molecule has 1 aliphatic heterocycles. The van der Waals surface area contributed by atoms with Gasteiger partial charge in [0.1, 0.15) is 0 Å². The van der Waals surface area contributed by atoms with Crippen molar-refractivity contribution in [1.82, 2.24) is 0 Å². The third-order valence-electron chi connectivity index (χ3n) is 4.62. The van der Waals surface area contributed by atoms with Crippen LogP contribution >= 0.6 is 0 Å². The van der Waals surface area contributed by atoms with Gasteiger partial charge in [-0.1, -0.05) is 48.5 Å². The molecule has 0 aliphatic carbocycles. The lowest BCUT2D eigenvalue weighted by molar-refractivity contribution is 0.205. The van der Waals surface area contributed by atoms with Gasteiger partial charge in [0.05, 0.1) is 0 Å². The molecular weight excluding hydrogens is 288 g/mol. The molecule has 0 spiro atoms. The van der Waals surface area contributed by atoms with Gasteiger partial charge in [0, 0.05) is 0 Å². The van der Waals surface area contributed by atoms with Crippen molar-refractivity contribution in [2.24, 2.45) is 0 Å². The lowest BCUT2D eigenvalue weighted by atomic mass is 10.6. The summed E-state index contributed by atoms with van der Waals surface area (Å²) in [4.78, 5) is 0. The Labute approximate surface area is 122 Å². The highest BCUT2D eigenvalue weighted by Gasteiger charge is 2.60. The Bertz CT molecular complexity index is 269. The van der Waals surface area contributed by atoms with Crippen molar-refractivity contribution in [2.45, 2.75) is 84.2 Å². The third kappa shape index (κ3) is 3.24. The monoisotopic (exact) mass is 320 g/mol. The maximum absolute atomic E-state index is 6.70. The van der Waals surface area contributed by atoms with E-state index in [0.717, 1.165) is 30.2 Å². The number of hydrogen-bond donors (Lipinski definition) is 0. The fraction of sp³-hybridized carbons (Fsp3) is 1.00. The van der Waals surface area contributed by atoms with Crippen molar-refractivity contribution in [2.75, 3.05) is 0 Å². The van der Waals surface area contributed by atoms with Gasteiger partial charge in [-0.2, -0.15) is 0 Å². The Hall–Kier alpha value is 0.531. The summed E-state index contributed by atoms with van der Waals surface area (Å²) >= 11 is 0. The summed E-state index contributed by atoms with van der Waals surface area (Å²) in [6.07, 6.45) is 0. The van der Waals surface area contributed by atoms with Gasteiger partial charge in [-0.05, 0) is 35.8 Å². The van der Waals surface area contributed by atoms with Crippen molar-refractivity contribution < 1.29 is 12.3 Å². The molecule has 0 saturated carbocycles. The minimum absolute atomic E-state index is 0.511. The van der Waals surface area contributed by atoms with E-state index < -0.39 is 25.7 Å². The van der Waals surface area contributed by atoms with Crippen molar-refractivity contribution in [3.8, 4) is 0 Å². The van der Waals surface area contributed by atoms with Crippen molar-refractivity contribution in [3.05, 3.63) is 0 Å². The van der Waals surface area contributed by atoms with Gasteiger partial charge in [-0.25, -0.2) is 0 Å². The summed E-state index contributed by atoms with van der Waals surface area (Å²) in [5.41, 5.74) is 0.511. The van der Waals surface area contributed by atoms with Crippen LogP contribution in [-0.2, 0) is 12.3 Å². The maximum Gasteiger partial charge on any atom is 0.322 e. The van der Waals surface area contributed by atoms with Gasteiger partial charge in [-0.3, -0.25) is 0 Å². The van der Waals surface area contributed by atoms with Gasteiger partial charge in [-0.15, -0.1) is 0 Å². The molecule has 1 heterocycles. The molecular formula is C13H32O3Si3. The van der Waals surface area contributed by atoms with E-state index in [1.807, 2.05) is 0 Å². The average molecular weight is 321 g/mol. The molecule has 0 atom stereocenters. The van der Waals surface area contributed by atoms with Crippen LogP contribution in [0, 0.1) is 0 Å². The largest absolute Gasteiger partial charge is 0.415 e. The second kappa shape index (κ2) is 6.53. The second-order valence-corrected chi connectivity index (χ2v) is 18.3. The Morgan fingerprint density at radius 1 is 0.632 bits per heavy atom. The van der Waals surface area contributed by atoms with E-state index in [4.69, 9.17) is 12.3 Å². The first-order chi connectivity index (χ1) is 8.87. The molecule has 0 N–H and O–H groups in total. The van der Waals surface area contributed by atoms with Crippen LogP contribution < -0.4 is 0 Å². The zero-order valence-corrected chi connectivity index (χ0v) is 16.8. The van der Waals surface area contributed by atoms with E-state index in [9.17, 15) is 0 Å². The van der Waals surface area contributed by atoms with Gasteiger partial charge in [0.25, 0.3) is 0 Å². The standard InChI is InChI=1S/C13H32O3Si3/c1-8-17(9-2)14-18(10-3,11-4)16-19(12-5,15-17)13(6)7/h13H,8-12H2,1-7H3. The second-order valence-electron chi connectivity index (χ2n) is 5.86. The van der Waals surface area contributed by atoms with E-state index in [1.165, 1.54) is 0 Å². The quantitative estimate of drug-likeness (QED) is 0.652. The van der Waals surface area contributed by atoms with Crippen LogP contribution in [0.2, 0.25) is 35.8 Å². The average Bonchev–Trinajstić information content (AvgIpc) is 2.46. The van der Waals surface area contributed by atoms with Crippen molar-refractivity contribution in [1.29, 1.82) is 0 Å². The Balaban J connectivity index is 3.22. The first kappa shape index (κ1) is 17.6. The summed E-state index contributed by atoms with van der Waals surface area (Å²) in [7, 11) is -6.15. The van der Waals surface area contributed by atoms with Crippen LogP contribution in [0.1, 0.15) is 48.5 Å². The molecule has 0 unspecified atom stereocenters. The molecule has 0 amide bonds. The zero-order chi connectivity index (χ0) is 14.7. The van der Waals surface area contributed by atoms with Gasteiger partial charge >= 0.3 is 25.7 Å². The third-order valence-corrected chi connectivity index (χ3v) is 20.4. The van der Waals surface area contributed by atoms with E-state index in [0.29, 0.717) is 5.54 Å². The zero-order valence-electron chi connectivity index (χ0n) is 13.8. The Morgan fingerprint density at radius 2 is 1.00 bits per heavy atom. The summed E-state index contributed by atoms with van der Waals surface area (Å²) in [6.45, 7) is 15.7. The van der Waals surface area contributed by atoms with Crippen molar-refractivity contribution in [3.63, 3.8) is 0 Å². The van der Waals surface area contributed by atoms with Crippen LogP contribution in [0.25, 0.3) is 0 Å². The lowest BCUT2D eigenvalue weighted by Crippen LogP contribution is -2.70. The van der Waals surface area contributed by atoms with Crippen LogP contribution in [-0.4, -0.2) is 25.7 Å². The molecule has 0 aromatic heterocycles. The summed E-state index contributed by atoms with van der Waals surface area (Å²) in [5, 5.41) is 0. The minimum Gasteiger partial charge on any atom is -0.415 e. The maximum atomic E-state index is 6.70. The van der Waals surface area contributed by atoms with E-state index in [2.05, 4.69) is 48.5 Å². The molecule has 1 aliphatic rings. The molecule has 0 radical (unpaired) electrons. The van der Waals surface area contributed by atoms with E-state index >= 15 is 0 Å². The van der Waals surface area contributed by atoms with Crippen LogP contribution in [0.5, 0.6) is 0 Å². The first-order valence-electron chi connectivity index (χ1n) is 7.97. The Kier molecular flexibility index (Phi) is 6.04. The van der Waals surface area contributed by atoms with Crippen LogP contribution in [0.4, 0.5) is 0 Å². The molecule has 3 nitrogen and oxygen atoms in total. The molecule has 114 valence electrons. The highest BCUT2D eigenvalue weighted by molar-refractivity contribution is 6.95. The van der Waals surface area contributed by atoms with Gasteiger partial charge < -0.3 is 12.3 Å². The predicted octanol–water partition coefficient (Wildman–Crippen LogP) is 4.89. The van der Waals surface area contributed by atoms with Gasteiger partial charge in [0.15, 0.2) is 0 Å². The normalized spacial score (nSPS) is 24.6. The SMILES string of the molecule is CC[Si]1(CC)O[Si](CC)(CC)O[Si](CC)(C(C)C)O1. The van der Waals surface area contributed by atoms with Crippen molar-refractivity contribution >= 4 is 25.7 Å². The molecule has 0 aromatic carbocycles. The molecule has 0 bridgehead atoms. The summed E-state index contributed by atoms with van der Waals surface area (Å²) in [6, 6.07) is 5.29. The van der Waals surface area contributed by atoms with Gasteiger partial charge in [0.2, 0.25) is 0 Å². The molecule has 1 saturated heterocycles. The Morgan fingerprint density at radius 3 is 1.21 bits per heavy atom. The topological polar surface area (TPSA) is 27.7 Å². The smallest absolute Gasteiger partial charge is 0.322 e. The fourth-order valence-electron chi connectivity index (χ4n) is 2.90.